The summed E-state index contributed by atoms with van der Waals surface area (Å²) in [4.78, 5) is 10.5. The fourth-order valence-corrected chi connectivity index (χ4v) is 2.07. The van der Waals surface area contributed by atoms with Crippen molar-refractivity contribution in [3.8, 4) is 0 Å². The topological polar surface area (TPSA) is 57.5 Å². The molecule has 1 aliphatic carbocycles. The average molecular weight is 210 g/mol. The molecule has 0 heterocycles. The molecule has 1 unspecified atom stereocenters. The van der Waals surface area contributed by atoms with Gasteiger partial charge in [-0.2, -0.15) is 0 Å². The van der Waals surface area contributed by atoms with E-state index in [2.05, 4.69) is 13.8 Å². The standard InChI is InChI=1S/C12H18O3/c1-8-9(4-5-11(14)15)12(2,3)7-6-10(8)13/h4-5,10,13H,6-7H2,1-3H3,(H,14,15)/b5-4+. The third-order valence-electron chi connectivity index (χ3n) is 3.09. The maximum absolute atomic E-state index is 10.5. The SMILES string of the molecule is CC1=C(/C=C/C(=O)O)C(C)(C)CCC1O. The Morgan fingerprint density at radius 1 is 1.53 bits per heavy atom. The van der Waals surface area contributed by atoms with Crippen molar-refractivity contribution in [1.29, 1.82) is 0 Å². The van der Waals surface area contributed by atoms with Crippen LogP contribution in [0.15, 0.2) is 23.3 Å². The van der Waals surface area contributed by atoms with Gasteiger partial charge in [0.25, 0.3) is 0 Å². The van der Waals surface area contributed by atoms with Gasteiger partial charge in [0.2, 0.25) is 0 Å². The normalized spacial score (nSPS) is 26.0. The van der Waals surface area contributed by atoms with Crippen molar-refractivity contribution < 1.29 is 15.0 Å². The van der Waals surface area contributed by atoms with E-state index in [1.165, 1.54) is 0 Å². The Balaban J connectivity index is 3.07. The van der Waals surface area contributed by atoms with E-state index in [1.807, 2.05) is 6.92 Å². The lowest BCUT2D eigenvalue weighted by Crippen LogP contribution is -2.27. The van der Waals surface area contributed by atoms with Crippen molar-refractivity contribution in [2.45, 2.75) is 39.7 Å². The number of allylic oxidation sites excluding steroid dienone is 2. The van der Waals surface area contributed by atoms with Gasteiger partial charge in [-0.3, -0.25) is 0 Å². The highest BCUT2D eigenvalue weighted by molar-refractivity contribution is 5.80. The minimum absolute atomic E-state index is 0.0464. The first-order valence-electron chi connectivity index (χ1n) is 5.15. The molecule has 84 valence electrons. The lowest BCUT2D eigenvalue weighted by atomic mass is 9.71. The van der Waals surface area contributed by atoms with Crippen molar-refractivity contribution >= 4 is 5.97 Å². The summed E-state index contributed by atoms with van der Waals surface area (Å²) >= 11 is 0. The lowest BCUT2D eigenvalue weighted by molar-refractivity contribution is -0.131. The van der Waals surface area contributed by atoms with Crippen LogP contribution in [0.5, 0.6) is 0 Å². The summed E-state index contributed by atoms with van der Waals surface area (Å²) in [5, 5.41) is 18.3. The molecule has 0 saturated heterocycles. The highest BCUT2D eigenvalue weighted by Crippen LogP contribution is 2.40. The molecule has 0 aliphatic heterocycles. The summed E-state index contributed by atoms with van der Waals surface area (Å²) < 4.78 is 0. The molecule has 2 N–H and O–H groups in total. The molecule has 0 spiro atoms. The van der Waals surface area contributed by atoms with E-state index < -0.39 is 12.1 Å². The summed E-state index contributed by atoms with van der Waals surface area (Å²) in [5.41, 5.74) is 1.79. The van der Waals surface area contributed by atoms with Gasteiger partial charge in [0.15, 0.2) is 0 Å². The molecule has 0 aromatic rings. The van der Waals surface area contributed by atoms with Crippen LogP contribution < -0.4 is 0 Å². The Morgan fingerprint density at radius 3 is 2.67 bits per heavy atom. The van der Waals surface area contributed by atoms with Crippen LogP contribution in [-0.4, -0.2) is 22.3 Å². The fraction of sp³-hybridized carbons (Fsp3) is 0.583. The summed E-state index contributed by atoms with van der Waals surface area (Å²) in [6.07, 6.45) is 3.96. The first-order chi connectivity index (χ1) is 6.84. The van der Waals surface area contributed by atoms with Crippen LogP contribution >= 0.6 is 0 Å². The third-order valence-corrected chi connectivity index (χ3v) is 3.09. The molecule has 0 amide bonds. The predicted molar refractivity (Wildman–Crippen MR) is 58.5 cm³/mol. The van der Waals surface area contributed by atoms with Crippen LogP contribution in [-0.2, 0) is 4.79 Å². The van der Waals surface area contributed by atoms with Crippen LogP contribution in [0.4, 0.5) is 0 Å². The molecule has 0 aromatic carbocycles. The monoisotopic (exact) mass is 210 g/mol. The number of carbonyl (C=O) groups is 1. The Hall–Kier alpha value is -1.09. The number of carboxylic acid groups (broad SMARTS) is 1. The van der Waals surface area contributed by atoms with Crippen LogP contribution in [0, 0.1) is 5.41 Å². The molecule has 3 heteroatoms. The zero-order valence-corrected chi connectivity index (χ0v) is 9.45. The van der Waals surface area contributed by atoms with E-state index in [4.69, 9.17) is 5.11 Å². The third kappa shape index (κ3) is 2.69. The van der Waals surface area contributed by atoms with Gasteiger partial charge in [0, 0.05) is 6.08 Å². The molecule has 1 atom stereocenters. The van der Waals surface area contributed by atoms with E-state index in [1.54, 1.807) is 6.08 Å². The van der Waals surface area contributed by atoms with Crippen molar-refractivity contribution in [1.82, 2.24) is 0 Å². The van der Waals surface area contributed by atoms with Gasteiger partial charge in [-0.15, -0.1) is 0 Å². The van der Waals surface area contributed by atoms with E-state index in [0.29, 0.717) is 0 Å². The van der Waals surface area contributed by atoms with Gasteiger partial charge >= 0.3 is 5.97 Å². The van der Waals surface area contributed by atoms with Gasteiger partial charge in [0.05, 0.1) is 6.10 Å². The van der Waals surface area contributed by atoms with Gasteiger partial charge in [0.1, 0.15) is 0 Å². The molecule has 0 fully saturated rings. The van der Waals surface area contributed by atoms with Crippen LogP contribution in [0.25, 0.3) is 0 Å². The van der Waals surface area contributed by atoms with Gasteiger partial charge in [-0.1, -0.05) is 19.9 Å². The van der Waals surface area contributed by atoms with E-state index in [0.717, 1.165) is 30.1 Å². The molecular formula is C12H18O3. The smallest absolute Gasteiger partial charge is 0.328 e. The average Bonchev–Trinajstić information content (AvgIpc) is 2.11. The fourth-order valence-electron chi connectivity index (χ4n) is 2.07. The van der Waals surface area contributed by atoms with Gasteiger partial charge < -0.3 is 10.2 Å². The number of aliphatic carboxylic acids is 1. The summed E-state index contributed by atoms with van der Waals surface area (Å²) in [7, 11) is 0. The summed E-state index contributed by atoms with van der Waals surface area (Å²) in [6, 6.07) is 0. The zero-order chi connectivity index (χ0) is 11.6. The molecule has 1 rings (SSSR count). The zero-order valence-electron chi connectivity index (χ0n) is 9.45. The minimum atomic E-state index is -0.953. The molecule has 0 radical (unpaired) electrons. The highest BCUT2D eigenvalue weighted by Gasteiger charge is 2.30. The number of hydrogen-bond donors (Lipinski definition) is 2. The van der Waals surface area contributed by atoms with Crippen molar-refractivity contribution in [3.05, 3.63) is 23.3 Å². The van der Waals surface area contributed by atoms with Crippen molar-refractivity contribution in [3.63, 3.8) is 0 Å². The second-order valence-corrected chi connectivity index (χ2v) is 4.71. The Kier molecular flexibility index (Phi) is 3.35. The second kappa shape index (κ2) is 4.19. The number of aliphatic hydroxyl groups excluding tert-OH is 1. The maximum Gasteiger partial charge on any atom is 0.328 e. The number of hydrogen-bond acceptors (Lipinski definition) is 2. The predicted octanol–water partition coefficient (Wildman–Crippen LogP) is 2.12. The van der Waals surface area contributed by atoms with E-state index in [-0.39, 0.29) is 5.41 Å². The number of rotatable bonds is 2. The van der Waals surface area contributed by atoms with Crippen molar-refractivity contribution in [2.75, 3.05) is 0 Å². The van der Waals surface area contributed by atoms with E-state index in [9.17, 15) is 9.90 Å². The first kappa shape index (κ1) is 12.0. The molecule has 1 aliphatic rings. The van der Waals surface area contributed by atoms with Crippen LogP contribution in [0.2, 0.25) is 0 Å². The lowest BCUT2D eigenvalue weighted by Gasteiger charge is -2.35. The molecule has 0 aromatic heterocycles. The molecule has 15 heavy (non-hydrogen) atoms. The van der Waals surface area contributed by atoms with Crippen LogP contribution in [0.3, 0.4) is 0 Å². The molecule has 0 bridgehead atoms. The number of aliphatic hydroxyl groups is 1. The molecular weight excluding hydrogens is 192 g/mol. The van der Waals surface area contributed by atoms with E-state index >= 15 is 0 Å². The highest BCUT2D eigenvalue weighted by atomic mass is 16.4. The largest absolute Gasteiger partial charge is 0.478 e. The quantitative estimate of drug-likeness (QED) is 0.686. The summed E-state index contributed by atoms with van der Waals surface area (Å²) in [6.45, 7) is 6.01. The second-order valence-electron chi connectivity index (χ2n) is 4.71. The number of carboxylic acids is 1. The molecule has 3 nitrogen and oxygen atoms in total. The Labute approximate surface area is 90.1 Å². The van der Waals surface area contributed by atoms with Gasteiger partial charge in [-0.25, -0.2) is 4.79 Å². The molecule has 0 saturated carbocycles. The maximum atomic E-state index is 10.5. The Bertz CT molecular complexity index is 324. The summed E-state index contributed by atoms with van der Waals surface area (Å²) in [5.74, 6) is -0.953. The van der Waals surface area contributed by atoms with Gasteiger partial charge in [-0.05, 0) is 36.3 Å². The minimum Gasteiger partial charge on any atom is -0.478 e. The first-order valence-corrected chi connectivity index (χ1v) is 5.15. The van der Waals surface area contributed by atoms with Crippen molar-refractivity contribution in [2.24, 2.45) is 5.41 Å². The van der Waals surface area contributed by atoms with Crippen LogP contribution in [0.1, 0.15) is 33.6 Å². The Morgan fingerprint density at radius 2 is 2.13 bits per heavy atom.